The highest BCUT2D eigenvalue weighted by molar-refractivity contribution is 5.84. The average Bonchev–Trinajstić information content (AvgIpc) is 2.64. The Morgan fingerprint density at radius 2 is 1.31 bits per heavy atom. The normalized spacial score (nSPS) is 13.1. The number of rotatable bonds is 9. The van der Waals surface area contributed by atoms with Gasteiger partial charge < -0.3 is 29.9 Å². The van der Waals surface area contributed by atoms with E-state index in [0.717, 1.165) is 13.2 Å². The van der Waals surface area contributed by atoms with Crippen LogP contribution in [0.25, 0.3) is 0 Å². The molecule has 0 aromatic rings. The number of carboxylic acids is 1. The summed E-state index contributed by atoms with van der Waals surface area (Å²) in [7, 11) is 0. The Kier molecular flexibility index (Phi) is 22.3. The molecule has 8 heteroatoms. The van der Waals surface area contributed by atoms with Crippen LogP contribution in [0.4, 0.5) is 0 Å². The Hall–Kier alpha value is -1.48. The van der Waals surface area contributed by atoms with Crippen LogP contribution in [-0.2, 0) is 19.1 Å². The first-order chi connectivity index (χ1) is 12.1. The molecule has 0 heterocycles. The van der Waals surface area contributed by atoms with Crippen LogP contribution >= 0.6 is 0 Å². The summed E-state index contributed by atoms with van der Waals surface area (Å²) in [5, 5.41) is 33.8. The minimum atomic E-state index is -2.22. The zero-order valence-electron chi connectivity index (χ0n) is 16.8. The van der Waals surface area contributed by atoms with Crippen molar-refractivity contribution in [1.29, 1.82) is 0 Å². The number of ether oxygens (including phenoxy) is 2. The maximum Gasteiger partial charge on any atom is 0.338 e. The molecule has 0 spiro atoms. The summed E-state index contributed by atoms with van der Waals surface area (Å²) in [6, 6.07) is 0. The van der Waals surface area contributed by atoms with Gasteiger partial charge in [0.05, 0.1) is 6.61 Å². The smallest absolute Gasteiger partial charge is 0.338 e. The molecule has 26 heavy (non-hydrogen) atoms. The van der Waals surface area contributed by atoms with E-state index in [9.17, 15) is 9.59 Å². The van der Waals surface area contributed by atoms with Crippen LogP contribution in [0, 0.1) is 0 Å². The minimum absolute atomic E-state index is 0.359. The van der Waals surface area contributed by atoms with E-state index in [0.29, 0.717) is 0 Å². The lowest BCUT2D eigenvalue weighted by Crippen LogP contribution is -2.40. The lowest BCUT2D eigenvalue weighted by atomic mass is 10.1. The monoisotopic (exact) mass is 380 g/mol. The van der Waals surface area contributed by atoms with E-state index in [-0.39, 0.29) is 6.61 Å². The van der Waals surface area contributed by atoms with E-state index in [2.05, 4.69) is 32.4 Å². The maximum absolute atomic E-state index is 10.6. The molecule has 0 aliphatic heterocycles. The molecular weight excluding hydrogens is 344 g/mol. The zero-order chi connectivity index (χ0) is 21.1. The molecule has 0 amide bonds. The summed E-state index contributed by atoms with van der Waals surface area (Å²) in [4.78, 5) is 20.7. The van der Waals surface area contributed by atoms with E-state index in [1.165, 1.54) is 12.8 Å². The fraction of sp³-hybridized carbons (Fsp3) is 0.778. The molecule has 2 unspecified atom stereocenters. The number of allylic oxidation sites excluding steroid dienone is 2. The summed E-state index contributed by atoms with van der Waals surface area (Å²) in [6.45, 7) is 13.7. The molecule has 2 atom stereocenters. The van der Waals surface area contributed by atoms with Gasteiger partial charge in [0.25, 0.3) is 0 Å². The third-order valence-electron chi connectivity index (χ3n) is 3.33. The van der Waals surface area contributed by atoms with Crippen LogP contribution in [0.1, 0.15) is 54.4 Å². The SMILES string of the molecule is CC/C(C)=C(\C)CC.CCOCC.O=C(O)C(O)C(O)C(=O)OCCO. The van der Waals surface area contributed by atoms with Crippen molar-refractivity contribution in [2.75, 3.05) is 26.4 Å². The number of hydrogen-bond acceptors (Lipinski definition) is 7. The summed E-state index contributed by atoms with van der Waals surface area (Å²) in [6.07, 6.45) is -1.94. The van der Waals surface area contributed by atoms with Gasteiger partial charge in [-0.05, 0) is 40.5 Å². The summed E-state index contributed by atoms with van der Waals surface area (Å²) in [5.74, 6) is -3.02. The van der Waals surface area contributed by atoms with Gasteiger partial charge in [-0.1, -0.05) is 25.0 Å². The van der Waals surface area contributed by atoms with Gasteiger partial charge in [-0.2, -0.15) is 0 Å². The van der Waals surface area contributed by atoms with E-state index >= 15 is 0 Å². The topological polar surface area (TPSA) is 134 Å². The average molecular weight is 380 g/mol. The Labute approximate surface area is 156 Å². The molecule has 0 aliphatic rings. The van der Waals surface area contributed by atoms with E-state index < -0.39 is 30.8 Å². The van der Waals surface area contributed by atoms with Crippen LogP contribution in [0.2, 0.25) is 0 Å². The first-order valence-electron chi connectivity index (χ1n) is 8.73. The Morgan fingerprint density at radius 3 is 1.54 bits per heavy atom. The molecule has 8 nitrogen and oxygen atoms in total. The molecule has 0 aromatic carbocycles. The number of esters is 1. The molecule has 156 valence electrons. The first kappa shape index (κ1) is 29.3. The van der Waals surface area contributed by atoms with Crippen molar-refractivity contribution < 1.29 is 39.5 Å². The molecule has 0 saturated carbocycles. The van der Waals surface area contributed by atoms with E-state index in [1.807, 2.05) is 13.8 Å². The van der Waals surface area contributed by atoms with Gasteiger partial charge in [0.2, 0.25) is 0 Å². The molecule has 0 radical (unpaired) electrons. The number of carbonyl (C=O) groups excluding carboxylic acids is 1. The first-order valence-corrected chi connectivity index (χ1v) is 8.73. The van der Waals surface area contributed by atoms with E-state index in [4.69, 9.17) is 25.2 Å². The van der Waals surface area contributed by atoms with Crippen molar-refractivity contribution in [2.45, 2.75) is 66.6 Å². The van der Waals surface area contributed by atoms with Gasteiger partial charge in [0.15, 0.2) is 12.2 Å². The predicted octanol–water partition coefficient (Wildman–Crippen LogP) is 1.51. The standard InChI is InChI=1S/C8H16.C6H10O7.C4H10O/c1-5-7(3)8(4)6-2;7-1-2-13-6(12)4(9)3(8)5(10)11;1-3-5-4-2/h5-6H2,1-4H3;3-4,7-9H,1-2H2,(H,10,11);3-4H2,1-2H3/b8-7+;;. The molecule has 0 aliphatic carbocycles. The van der Waals surface area contributed by atoms with Crippen molar-refractivity contribution in [3.63, 3.8) is 0 Å². The molecule has 0 bridgehead atoms. The van der Waals surface area contributed by atoms with Crippen LogP contribution in [-0.4, -0.2) is 71.0 Å². The third kappa shape index (κ3) is 17.3. The molecule has 0 fully saturated rings. The highest BCUT2D eigenvalue weighted by Gasteiger charge is 2.31. The highest BCUT2D eigenvalue weighted by Crippen LogP contribution is 2.09. The van der Waals surface area contributed by atoms with E-state index in [1.54, 1.807) is 11.1 Å². The fourth-order valence-electron chi connectivity index (χ4n) is 1.30. The third-order valence-corrected chi connectivity index (χ3v) is 3.33. The second kappa shape index (κ2) is 19.8. The second-order valence-electron chi connectivity index (χ2n) is 5.17. The van der Waals surface area contributed by atoms with Crippen LogP contribution in [0.5, 0.6) is 0 Å². The zero-order valence-corrected chi connectivity index (χ0v) is 16.8. The van der Waals surface area contributed by atoms with Gasteiger partial charge >= 0.3 is 11.9 Å². The Morgan fingerprint density at radius 1 is 0.885 bits per heavy atom. The largest absolute Gasteiger partial charge is 0.479 e. The lowest BCUT2D eigenvalue weighted by molar-refractivity contribution is -0.170. The lowest BCUT2D eigenvalue weighted by Gasteiger charge is -2.12. The minimum Gasteiger partial charge on any atom is -0.479 e. The maximum atomic E-state index is 10.6. The number of aliphatic hydroxyl groups is 3. The molecular formula is C18H36O8. The fourth-order valence-corrected chi connectivity index (χ4v) is 1.30. The Balaban J connectivity index is -0.000000346. The summed E-state index contributed by atoms with van der Waals surface area (Å²) >= 11 is 0. The van der Waals surface area contributed by atoms with Gasteiger partial charge in [-0.15, -0.1) is 0 Å². The predicted molar refractivity (Wildman–Crippen MR) is 98.8 cm³/mol. The molecule has 0 saturated heterocycles. The number of aliphatic carboxylic acids is 1. The number of hydrogen-bond donors (Lipinski definition) is 4. The number of carboxylic acid groups (broad SMARTS) is 1. The highest BCUT2D eigenvalue weighted by atomic mass is 16.6. The van der Waals surface area contributed by atoms with Gasteiger partial charge in [0, 0.05) is 13.2 Å². The van der Waals surface area contributed by atoms with Gasteiger partial charge in [-0.25, -0.2) is 9.59 Å². The van der Waals surface area contributed by atoms with Crippen molar-refractivity contribution >= 4 is 11.9 Å². The summed E-state index contributed by atoms with van der Waals surface area (Å²) in [5.41, 5.74) is 3.10. The van der Waals surface area contributed by atoms with Crippen LogP contribution < -0.4 is 0 Å². The molecule has 0 aromatic heterocycles. The van der Waals surface area contributed by atoms with Crippen molar-refractivity contribution in [3.8, 4) is 0 Å². The van der Waals surface area contributed by atoms with Crippen molar-refractivity contribution in [1.82, 2.24) is 0 Å². The van der Waals surface area contributed by atoms with Crippen molar-refractivity contribution in [3.05, 3.63) is 11.1 Å². The van der Waals surface area contributed by atoms with Crippen LogP contribution in [0.3, 0.4) is 0 Å². The van der Waals surface area contributed by atoms with Crippen molar-refractivity contribution in [2.24, 2.45) is 0 Å². The quantitative estimate of drug-likeness (QED) is 0.349. The van der Waals surface area contributed by atoms with Gasteiger partial charge in [-0.3, -0.25) is 0 Å². The molecule has 4 N–H and O–H groups in total. The summed E-state index contributed by atoms with van der Waals surface area (Å²) < 4.78 is 9.00. The number of aliphatic hydroxyl groups excluding tert-OH is 3. The van der Waals surface area contributed by atoms with Crippen LogP contribution in [0.15, 0.2) is 11.1 Å². The Bertz CT molecular complexity index is 379. The number of carbonyl (C=O) groups is 2. The second-order valence-corrected chi connectivity index (χ2v) is 5.17. The molecule has 0 rings (SSSR count). The van der Waals surface area contributed by atoms with Gasteiger partial charge in [0.1, 0.15) is 6.61 Å².